The maximum atomic E-state index is 10.7. The number of benzene rings is 2. The normalized spacial score (nSPS) is 24.3. The van der Waals surface area contributed by atoms with Crippen LogP contribution in [0.5, 0.6) is 11.6 Å². The average molecular weight is 394 g/mol. The first-order chi connectivity index (χ1) is 14.2. The molecule has 148 valence electrons. The van der Waals surface area contributed by atoms with E-state index < -0.39 is 24.5 Å². The fourth-order valence-electron chi connectivity index (χ4n) is 3.64. The Bertz CT molecular complexity index is 1180. The van der Waals surface area contributed by atoms with Gasteiger partial charge in [0.15, 0.2) is 23.5 Å². The Morgan fingerprint density at radius 1 is 1.07 bits per heavy atom. The fourth-order valence-corrected chi connectivity index (χ4v) is 3.64. The van der Waals surface area contributed by atoms with Crippen molar-refractivity contribution in [2.75, 3.05) is 6.61 Å². The summed E-state index contributed by atoms with van der Waals surface area (Å²) in [6.45, 7) is -0.373. The molecular weight excluding hydrogens is 376 g/mol. The van der Waals surface area contributed by atoms with Crippen molar-refractivity contribution in [2.45, 2.75) is 24.5 Å². The van der Waals surface area contributed by atoms with Gasteiger partial charge in [-0.15, -0.1) is 0 Å². The Morgan fingerprint density at radius 2 is 1.90 bits per heavy atom. The highest BCUT2D eigenvalue weighted by atomic mass is 16.6. The molecule has 0 amide bonds. The van der Waals surface area contributed by atoms with E-state index in [0.717, 1.165) is 10.8 Å². The van der Waals surface area contributed by atoms with E-state index in [1.807, 2.05) is 42.5 Å². The first-order valence-electron chi connectivity index (χ1n) is 9.12. The van der Waals surface area contributed by atoms with Crippen molar-refractivity contribution in [1.82, 2.24) is 19.5 Å². The molecular formula is C20H18N4O5. The molecule has 0 aliphatic carbocycles. The lowest BCUT2D eigenvalue weighted by atomic mass is 10.1. The van der Waals surface area contributed by atoms with Crippen LogP contribution in [0.4, 0.5) is 0 Å². The number of aromatic hydroxyl groups is 1. The van der Waals surface area contributed by atoms with Gasteiger partial charge in [-0.3, -0.25) is 4.57 Å². The molecule has 1 aliphatic rings. The number of aliphatic hydroxyl groups excluding tert-OH is 2. The zero-order valence-electron chi connectivity index (χ0n) is 15.2. The van der Waals surface area contributed by atoms with E-state index in [4.69, 9.17) is 9.47 Å². The summed E-state index contributed by atoms with van der Waals surface area (Å²) in [4.78, 5) is 12.0. The van der Waals surface area contributed by atoms with Gasteiger partial charge in [0.1, 0.15) is 24.3 Å². The van der Waals surface area contributed by atoms with Gasteiger partial charge in [0.05, 0.1) is 12.9 Å². The van der Waals surface area contributed by atoms with E-state index in [9.17, 15) is 15.3 Å². The van der Waals surface area contributed by atoms with E-state index in [1.54, 1.807) is 4.57 Å². The molecule has 3 heterocycles. The molecule has 2 aromatic carbocycles. The van der Waals surface area contributed by atoms with Crippen molar-refractivity contribution in [3.63, 3.8) is 0 Å². The highest BCUT2D eigenvalue weighted by molar-refractivity contribution is 5.83. The van der Waals surface area contributed by atoms with Crippen molar-refractivity contribution in [1.29, 1.82) is 0 Å². The Balaban J connectivity index is 1.53. The topological polar surface area (TPSA) is 123 Å². The van der Waals surface area contributed by atoms with Crippen LogP contribution in [0.25, 0.3) is 21.9 Å². The molecule has 4 atom stereocenters. The number of fused-ring (bicyclic) bond motifs is 2. The third kappa shape index (κ3) is 2.96. The molecule has 9 heteroatoms. The van der Waals surface area contributed by atoms with Crippen molar-refractivity contribution < 1.29 is 24.8 Å². The van der Waals surface area contributed by atoms with Crippen LogP contribution in [0.3, 0.4) is 0 Å². The molecule has 0 saturated carbocycles. The van der Waals surface area contributed by atoms with Crippen LogP contribution in [-0.4, -0.2) is 59.8 Å². The summed E-state index contributed by atoms with van der Waals surface area (Å²) < 4.78 is 13.5. The molecule has 4 aromatic rings. The SMILES string of the molecule is OC[C@H]1O[C@@H](n2cnc3c(O)ncnc32)[C@H](Oc2ccc3ccccc3c2)[C@@H]1O. The number of aliphatic hydroxyl groups is 2. The summed E-state index contributed by atoms with van der Waals surface area (Å²) in [5.74, 6) is 0.305. The van der Waals surface area contributed by atoms with Gasteiger partial charge in [0.25, 0.3) is 0 Å². The summed E-state index contributed by atoms with van der Waals surface area (Å²) in [6, 6.07) is 13.5. The van der Waals surface area contributed by atoms with Gasteiger partial charge in [0.2, 0.25) is 5.88 Å². The highest BCUT2D eigenvalue weighted by Gasteiger charge is 2.47. The molecule has 3 N–H and O–H groups in total. The molecule has 9 nitrogen and oxygen atoms in total. The molecule has 2 aromatic heterocycles. The summed E-state index contributed by atoms with van der Waals surface area (Å²) >= 11 is 0. The van der Waals surface area contributed by atoms with E-state index in [2.05, 4.69) is 15.0 Å². The average Bonchev–Trinajstić information content (AvgIpc) is 3.30. The van der Waals surface area contributed by atoms with Crippen LogP contribution in [0.15, 0.2) is 55.1 Å². The Hall–Kier alpha value is -3.27. The Labute approximate surface area is 164 Å². The van der Waals surface area contributed by atoms with Gasteiger partial charge in [-0.25, -0.2) is 9.97 Å². The largest absolute Gasteiger partial charge is 0.492 e. The van der Waals surface area contributed by atoms with Crippen LogP contribution < -0.4 is 4.74 Å². The van der Waals surface area contributed by atoms with E-state index in [0.29, 0.717) is 11.4 Å². The smallest absolute Gasteiger partial charge is 0.242 e. The minimum absolute atomic E-state index is 0.211. The second-order valence-electron chi connectivity index (χ2n) is 6.85. The number of aromatic nitrogens is 4. The van der Waals surface area contributed by atoms with Crippen molar-refractivity contribution in [2.24, 2.45) is 0 Å². The van der Waals surface area contributed by atoms with Crippen molar-refractivity contribution in [3.05, 3.63) is 55.1 Å². The number of hydrogen-bond donors (Lipinski definition) is 3. The summed E-state index contributed by atoms with van der Waals surface area (Å²) in [5, 5.41) is 32.3. The molecule has 1 saturated heterocycles. The quantitative estimate of drug-likeness (QED) is 0.474. The van der Waals surface area contributed by atoms with Crippen LogP contribution >= 0.6 is 0 Å². The third-order valence-corrected chi connectivity index (χ3v) is 5.10. The second-order valence-corrected chi connectivity index (χ2v) is 6.85. The molecule has 5 rings (SSSR count). The van der Waals surface area contributed by atoms with Gasteiger partial charge in [0, 0.05) is 0 Å². The van der Waals surface area contributed by atoms with Gasteiger partial charge in [-0.1, -0.05) is 30.3 Å². The predicted molar refractivity (Wildman–Crippen MR) is 102 cm³/mol. The van der Waals surface area contributed by atoms with E-state index in [1.165, 1.54) is 12.7 Å². The maximum absolute atomic E-state index is 10.7. The van der Waals surface area contributed by atoms with Crippen LogP contribution in [-0.2, 0) is 4.74 Å². The summed E-state index contributed by atoms with van der Waals surface area (Å²) in [6.07, 6.45) is -0.907. The molecule has 0 bridgehead atoms. The minimum Gasteiger partial charge on any atom is -0.492 e. The lowest BCUT2D eigenvalue weighted by Crippen LogP contribution is -2.37. The highest BCUT2D eigenvalue weighted by Crippen LogP contribution is 2.35. The number of ether oxygens (including phenoxy) is 2. The first-order valence-corrected chi connectivity index (χ1v) is 9.12. The van der Waals surface area contributed by atoms with Gasteiger partial charge in [-0.2, -0.15) is 4.98 Å². The zero-order chi connectivity index (χ0) is 20.0. The Morgan fingerprint density at radius 3 is 2.72 bits per heavy atom. The van der Waals surface area contributed by atoms with Crippen molar-refractivity contribution in [3.8, 4) is 11.6 Å². The summed E-state index contributed by atoms with van der Waals surface area (Å²) in [7, 11) is 0. The molecule has 0 unspecified atom stereocenters. The van der Waals surface area contributed by atoms with E-state index >= 15 is 0 Å². The molecule has 29 heavy (non-hydrogen) atoms. The fraction of sp³-hybridized carbons (Fsp3) is 0.250. The van der Waals surface area contributed by atoms with Crippen molar-refractivity contribution >= 4 is 21.9 Å². The third-order valence-electron chi connectivity index (χ3n) is 5.10. The van der Waals surface area contributed by atoms with E-state index in [-0.39, 0.29) is 18.0 Å². The lowest BCUT2D eigenvalue weighted by Gasteiger charge is -2.23. The van der Waals surface area contributed by atoms with Crippen LogP contribution in [0.2, 0.25) is 0 Å². The van der Waals surface area contributed by atoms with Gasteiger partial charge >= 0.3 is 0 Å². The number of nitrogens with zero attached hydrogens (tertiary/aromatic N) is 4. The predicted octanol–water partition coefficient (Wildman–Crippen LogP) is 1.38. The molecule has 0 radical (unpaired) electrons. The zero-order valence-corrected chi connectivity index (χ0v) is 15.2. The molecule has 0 spiro atoms. The monoisotopic (exact) mass is 394 g/mol. The summed E-state index contributed by atoms with van der Waals surface area (Å²) in [5.41, 5.74) is 0.544. The lowest BCUT2D eigenvalue weighted by molar-refractivity contribution is -0.0487. The van der Waals surface area contributed by atoms with Crippen LogP contribution in [0, 0.1) is 0 Å². The van der Waals surface area contributed by atoms with Gasteiger partial charge in [-0.05, 0) is 22.9 Å². The molecule has 1 aliphatic heterocycles. The van der Waals surface area contributed by atoms with Gasteiger partial charge < -0.3 is 24.8 Å². The first kappa shape index (κ1) is 17.8. The second kappa shape index (κ2) is 6.96. The number of hydrogen-bond acceptors (Lipinski definition) is 8. The number of imidazole rings is 1. The standard InChI is InChI=1S/C20H18N4O5/c25-8-14-16(26)17(28-13-6-5-11-3-1-2-4-12(11)7-13)20(29-14)24-10-23-15-18(24)21-9-22-19(15)27/h1-7,9-10,14,16-17,20,25-26H,8H2,(H,21,22,27)/t14-,16-,17-,20-/m1/s1. The maximum Gasteiger partial charge on any atom is 0.242 e. The number of rotatable bonds is 4. The minimum atomic E-state index is -1.08. The molecule has 1 fully saturated rings. The Kier molecular flexibility index (Phi) is 4.27. The van der Waals surface area contributed by atoms with Crippen LogP contribution in [0.1, 0.15) is 6.23 Å².